The molecule has 1 N–H and O–H groups in total. The molecular formula is C9H8ClN5O. The summed E-state index contributed by atoms with van der Waals surface area (Å²) in [7, 11) is 0. The van der Waals surface area contributed by atoms with Crippen molar-refractivity contribution in [1.82, 2.24) is 14.5 Å². The minimum atomic E-state index is 0.393. The fraction of sp³-hybridized carbons (Fsp3) is 0.111. The van der Waals surface area contributed by atoms with Crippen LogP contribution < -0.4 is 5.43 Å². The quantitative estimate of drug-likeness (QED) is 0.502. The summed E-state index contributed by atoms with van der Waals surface area (Å²) in [4.78, 5) is 18.0. The first-order valence-electron chi connectivity index (χ1n) is 4.49. The average Bonchev–Trinajstić information content (AvgIpc) is 2.70. The number of rotatable bonds is 4. The molecule has 0 aliphatic heterocycles. The van der Waals surface area contributed by atoms with Gasteiger partial charge >= 0.3 is 0 Å². The lowest BCUT2D eigenvalue weighted by molar-refractivity contribution is 0.797. The molecule has 7 heteroatoms. The lowest BCUT2D eigenvalue weighted by Gasteiger charge is -2.05. The van der Waals surface area contributed by atoms with Crippen molar-refractivity contribution in [3.8, 4) is 0 Å². The van der Waals surface area contributed by atoms with E-state index in [2.05, 4.69) is 20.7 Å². The molecule has 0 fully saturated rings. The molecule has 0 spiro atoms. The molecule has 0 aliphatic carbocycles. The van der Waals surface area contributed by atoms with Gasteiger partial charge in [-0.15, -0.1) is 4.91 Å². The normalized spacial score (nSPS) is 10.1. The van der Waals surface area contributed by atoms with Gasteiger partial charge in [0.2, 0.25) is 5.95 Å². The Hall–Kier alpha value is -1.95. The molecule has 2 aromatic rings. The number of pyridine rings is 1. The van der Waals surface area contributed by atoms with E-state index in [1.165, 1.54) is 0 Å². The summed E-state index contributed by atoms with van der Waals surface area (Å²) in [6, 6.07) is 3.56. The summed E-state index contributed by atoms with van der Waals surface area (Å²) in [5.74, 6) is 0.393. The Morgan fingerprint density at radius 2 is 2.31 bits per heavy atom. The Morgan fingerprint density at radius 3 is 3.00 bits per heavy atom. The maximum absolute atomic E-state index is 10.1. The van der Waals surface area contributed by atoms with E-state index in [-0.39, 0.29) is 0 Å². The van der Waals surface area contributed by atoms with Crippen LogP contribution in [0, 0.1) is 4.91 Å². The maximum atomic E-state index is 10.1. The van der Waals surface area contributed by atoms with Crippen LogP contribution in [-0.2, 0) is 6.54 Å². The molecule has 0 unspecified atom stereocenters. The van der Waals surface area contributed by atoms with Crippen LogP contribution in [0.4, 0.5) is 5.95 Å². The number of aromatic nitrogens is 3. The van der Waals surface area contributed by atoms with Gasteiger partial charge in [0.25, 0.3) is 0 Å². The highest BCUT2D eigenvalue weighted by Gasteiger charge is 2.03. The first-order chi connectivity index (χ1) is 7.79. The summed E-state index contributed by atoms with van der Waals surface area (Å²) < 4.78 is 1.74. The number of hydrogen-bond acceptors (Lipinski definition) is 4. The van der Waals surface area contributed by atoms with Crippen molar-refractivity contribution in [3.63, 3.8) is 0 Å². The van der Waals surface area contributed by atoms with E-state index >= 15 is 0 Å². The number of imidazole rings is 1. The maximum Gasteiger partial charge on any atom is 0.226 e. The number of anilines is 1. The second kappa shape index (κ2) is 4.71. The second-order valence-corrected chi connectivity index (χ2v) is 3.46. The Kier molecular flexibility index (Phi) is 3.11. The highest BCUT2D eigenvalue weighted by molar-refractivity contribution is 6.29. The van der Waals surface area contributed by atoms with E-state index in [0.717, 1.165) is 5.56 Å². The SMILES string of the molecule is O=NNc1nccn1Cc1ccc(Cl)nc1. The minimum Gasteiger partial charge on any atom is -0.312 e. The Labute approximate surface area is 96.2 Å². The van der Waals surface area contributed by atoms with Gasteiger partial charge < -0.3 is 4.57 Å². The molecule has 0 bridgehead atoms. The van der Waals surface area contributed by atoms with Gasteiger partial charge in [-0.25, -0.2) is 15.4 Å². The number of nitrogens with one attached hydrogen (secondary N) is 1. The Morgan fingerprint density at radius 1 is 1.44 bits per heavy atom. The summed E-state index contributed by atoms with van der Waals surface area (Å²) in [6.45, 7) is 0.544. The molecule has 0 atom stereocenters. The van der Waals surface area contributed by atoms with Crippen molar-refractivity contribution in [1.29, 1.82) is 0 Å². The van der Waals surface area contributed by atoms with Crippen LogP contribution in [0.1, 0.15) is 5.56 Å². The van der Waals surface area contributed by atoms with Crippen molar-refractivity contribution in [2.75, 3.05) is 5.43 Å². The second-order valence-electron chi connectivity index (χ2n) is 3.07. The van der Waals surface area contributed by atoms with Crippen LogP contribution in [0.2, 0.25) is 5.15 Å². The first-order valence-corrected chi connectivity index (χ1v) is 4.87. The molecule has 2 rings (SSSR count). The topological polar surface area (TPSA) is 72.2 Å². The van der Waals surface area contributed by atoms with E-state index < -0.39 is 0 Å². The summed E-state index contributed by atoms with van der Waals surface area (Å²) >= 11 is 5.68. The highest BCUT2D eigenvalue weighted by Crippen LogP contribution is 2.10. The van der Waals surface area contributed by atoms with Crippen LogP contribution in [0.15, 0.2) is 36.0 Å². The summed E-state index contributed by atoms with van der Waals surface area (Å²) in [5, 5.41) is 3.02. The molecule has 0 aromatic carbocycles. The lowest BCUT2D eigenvalue weighted by atomic mass is 10.3. The van der Waals surface area contributed by atoms with Crippen molar-refractivity contribution in [2.45, 2.75) is 6.54 Å². The summed E-state index contributed by atoms with van der Waals surface area (Å²) in [5.41, 5.74) is 3.22. The number of halogens is 1. The van der Waals surface area contributed by atoms with Gasteiger partial charge in [-0.2, -0.15) is 0 Å². The van der Waals surface area contributed by atoms with Crippen LogP contribution in [0.5, 0.6) is 0 Å². The average molecular weight is 238 g/mol. The van der Waals surface area contributed by atoms with Gasteiger partial charge in [-0.3, -0.25) is 0 Å². The predicted octanol–water partition coefficient (Wildman–Crippen LogP) is 2.07. The molecule has 0 radical (unpaired) electrons. The molecule has 2 aromatic heterocycles. The van der Waals surface area contributed by atoms with E-state index in [0.29, 0.717) is 17.6 Å². The molecule has 0 saturated carbocycles. The fourth-order valence-corrected chi connectivity index (χ4v) is 1.40. The van der Waals surface area contributed by atoms with E-state index in [9.17, 15) is 4.91 Å². The third kappa shape index (κ3) is 2.34. The summed E-state index contributed by atoms with van der Waals surface area (Å²) in [6.07, 6.45) is 4.99. The Balaban J connectivity index is 2.16. The molecule has 16 heavy (non-hydrogen) atoms. The van der Waals surface area contributed by atoms with E-state index in [4.69, 9.17) is 11.6 Å². The largest absolute Gasteiger partial charge is 0.312 e. The third-order valence-electron chi connectivity index (χ3n) is 2.00. The van der Waals surface area contributed by atoms with Crippen LogP contribution >= 0.6 is 11.6 Å². The van der Waals surface area contributed by atoms with Crippen molar-refractivity contribution >= 4 is 17.5 Å². The molecule has 2 heterocycles. The van der Waals surface area contributed by atoms with Gasteiger partial charge in [0, 0.05) is 18.6 Å². The van der Waals surface area contributed by atoms with Crippen LogP contribution in [0.25, 0.3) is 0 Å². The van der Waals surface area contributed by atoms with Crippen molar-refractivity contribution in [2.24, 2.45) is 5.29 Å². The Bertz CT molecular complexity index is 481. The lowest BCUT2D eigenvalue weighted by Crippen LogP contribution is -2.03. The number of nitrogens with zero attached hydrogens (tertiary/aromatic N) is 4. The van der Waals surface area contributed by atoms with Gasteiger partial charge in [0.15, 0.2) is 0 Å². The zero-order valence-corrected chi connectivity index (χ0v) is 8.92. The van der Waals surface area contributed by atoms with Gasteiger partial charge in [0.1, 0.15) is 5.15 Å². The van der Waals surface area contributed by atoms with Crippen molar-refractivity contribution in [3.05, 3.63) is 46.3 Å². The first kappa shape index (κ1) is 10.6. The van der Waals surface area contributed by atoms with E-state index in [1.807, 2.05) is 6.07 Å². The fourth-order valence-electron chi connectivity index (χ4n) is 1.29. The van der Waals surface area contributed by atoms with Crippen LogP contribution in [-0.4, -0.2) is 14.5 Å². The van der Waals surface area contributed by atoms with Crippen molar-refractivity contribution < 1.29 is 0 Å². The standard InChI is InChI=1S/C9H8ClN5O/c10-8-2-1-7(5-12-8)6-15-4-3-11-9(15)13-14-16/h1-5H,6H2,(H,11,13,16). The minimum absolute atomic E-state index is 0.393. The molecular weight excluding hydrogens is 230 g/mol. The van der Waals surface area contributed by atoms with Gasteiger partial charge in [-0.05, 0) is 11.6 Å². The predicted molar refractivity (Wildman–Crippen MR) is 60.0 cm³/mol. The molecule has 6 nitrogen and oxygen atoms in total. The number of nitroso groups, excluding NO2 is 1. The highest BCUT2D eigenvalue weighted by atomic mass is 35.5. The monoisotopic (exact) mass is 237 g/mol. The third-order valence-corrected chi connectivity index (χ3v) is 2.23. The molecule has 0 saturated heterocycles. The van der Waals surface area contributed by atoms with Crippen LogP contribution in [0.3, 0.4) is 0 Å². The van der Waals surface area contributed by atoms with Gasteiger partial charge in [0.05, 0.1) is 11.8 Å². The zero-order valence-electron chi connectivity index (χ0n) is 8.17. The molecule has 0 amide bonds. The zero-order chi connectivity index (χ0) is 11.4. The van der Waals surface area contributed by atoms with E-state index in [1.54, 1.807) is 29.2 Å². The molecule has 0 aliphatic rings. The number of hydrogen-bond donors (Lipinski definition) is 1. The molecule has 82 valence electrons. The smallest absolute Gasteiger partial charge is 0.226 e. The van der Waals surface area contributed by atoms with Gasteiger partial charge in [-0.1, -0.05) is 17.7 Å².